The maximum Gasteiger partial charge on any atom is 0.306 e. The van der Waals surface area contributed by atoms with Crippen LogP contribution in [0.1, 0.15) is 258 Å². The van der Waals surface area contributed by atoms with Crippen molar-refractivity contribution in [3.8, 4) is 0 Å². The van der Waals surface area contributed by atoms with Crippen LogP contribution in [-0.2, 0) is 32.7 Å². The summed E-state index contributed by atoms with van der Waals surface area (Å²) in [7, 11) is 1.16. The molecular weight excluding hydrogens is 990 g/mol. The molecule has 0 rings (SSSR count). The van der Waals surface area contributed by atoms with Crippen molar-refractivity contribution in [1.29, 1.82) is 0 Å². The standard InChI is InChI=1S/C68H118NO8P/c1-6-8-10-12-14-16-18-20-22-23-24-25-26-27-28-29-30-31-32-33-34-35-36-37-38-39-40-41-42-43-44-45-47-49-51-53-55-57-59-61-68(71)77-66(65-76-78(72,73)75-63-62-69(3,4)5)64-74-67(70)60-58-56-54-52-50-48-46-21-19-17-15-13-11-9-7-2/h8,10,14,16,20,22,24-25,27-28,30-31,33-34,36-37,39-40,66H,6-7,9,11-13,15,17-19,21,23,26,29,32,35,38,41-65H2,1-5H3/b10-8-,16-14-,22-20-,25-24-,28-27-,31-30-,34-33-,37-36-,40-39-. The number of hydrogen-bond acceptors (Lipinski definition) is 8. The molecule has 9 nitrogen and oxygen atoms in total. The molecule has 0 aromatic carbocycles. The number of esters is 2. The van der Waals surface area contributed by atoms with Crippen LogP contribution in [0.3, 0.4) is 0 Å². The van der Waals surface area contributed by atoms with Crippen LogP contribution in [0.5, 0.6) is 0 Å². The van der Waals surface area contributed by atoms with E-state index in [4.69, 9.17) is 18.5 Å². The van der Waals surface area contributed by atoms with Gasteiger partial charge in [0.1, 0.15) is 19.8 Å². The Morgan fingerprint density at radius 3 is 1.09 bits per heavy atom. The van der Waals surface area contributed by atoms with Gasteiger partial charge in [-0.05, 0) is 83.5 Å². The number of quaternary nitrogens is 1. The third-order valence-electron chi connectivity index (χ3n) is 13.3. The molecule has 0 fully saturated rings. The molecule has 0 aliphatic heterocycles. The SMILES string of the molecule is CC/C=C\C/C=C\C/C=C\C/C=C\C/C=C\C/C=C\C/C=C\C/C=C\C/C=C\CCCCCCCCCCCCCC(=O)OC(COC(=O)CCCCCCCCCCCCCCCCC)COP(=O)([O-])OCC[N+](C)(C)C. The van der Waals surface area contributed by atoms with Crippen molar-refractivity contribution in [2.24, 2.45) is 0 Å². The molecule has 0 aliphatic rings. The second-order valence-corrected chi connectivity index (χ2v) is 23.5. The number of nitrogens with zero attached hydrogens (tertiary/aromatic N) is 1. The monoisotopic (exact) mass is 1110 g/mol. The predicted octanol–water partition coefficient (Wildman–Crippen LogP) is 19.5. The van der Waals surface area contributed by atoms with Gasteiger partial charge in [0.25, 0.3) is 7.82 Å². The van der Waals surface area contributed by atoms with E-state index >= 15 is 0 Å². The molecule has 0 saturated heterocycles. The number of hydrogen-bond donors (Lipinski definition) is 0. The molecule has 2 unspecified atom stereocenters. The fourth-order valence-corrected chi connectivity index (χ4v) is 9.20. The molecule has 0 saturated carbocycles. The quantitative estimate of drug-likeness (QED) is 0.0195. The van der Waals surface area contributed by atoms with E-state index in [0.717, 1.165) is 103 Å². The molecule has 0 aliphatic carbocycles. The topological polar surface area (TPSA) is 111 Å². The van der Waals surface area contributed by atoms with Crippen LogP contribution < -0.4 is 4.89 Å². The van der Waals surface area contributed by atoms with E-state index in [2.05, 4.69) is 123 Å². The smallest absolute Gasteiger partial charge is 0.306 e. The minimum absolute atomic E-state index is 0.0339. The normalized spacial score (nSPS) is 14.0. The largest absolute Gasteiger partial charge is 0.756 e. The van der Waals surface area contributed by atoms with E-state index in [-0.39, 0.29) is 32.0 Å². The zero-order chi connectivity index (χ0) is 57.0. The number of rotatable bonds is 57. The van der Waals surface area contributed by atoms with Crippen LogP contribution in [-0.4, -0.2) is 70.0 Å². The van der Waals surface area contributed by atoms with Gasteiger partial charge in [-0.2, -0.15) is 0 Å². The first kappa shape index (κ1) is 74.7. The summed E-state index contributed by atoms with van der Waals surface area (Å²) in [4.78, 5) is 37.9. The van der Waals surface area contributed by atoms with Crippen molar-refractivity contribution in [2.45, 2.75) is 264 Å². The highest BCUT2D eigenvalue weighted by atomic mass is 31.2. The van der Waals surface area contributed by atoms with Crippen LogP contribution in [0.25, 0.3) is 0 Å². The highest BCUT2D eigenvalue weighted by Crippen LogP contribution is 2.38. The van der Waals surface area contributed by atoms with E-state index in [1.807, 2.05) is 21.1 Å². The third kappa shape index (κ3) is 61.9. The summed E-state index contributed by atoms with van der Waals surface area (Å²) in [5.74, 6) is -0.834. The lowest BCUT2D eigenvalue weighted by Gasteiger charge is -2.28. The highest BCUT2D eigenvalue weighted by molar-refractivity contribution is 7.45. The van der Waals surface area contributed by atoms with Crippen LogP contribution in [0.2, 0.25) is 0 Å². The maximum atomic E-state index is 12.8. The number of likely N-dealkylation sites (N-methyl/N-ethyl adjacent to an activating group) is 1. The first-order valence-corrected chi connectivity index (χ1v) is 33.1. The maximum absolute atomic E-state index is 12.8. The summed E-state index contributed by atoms with van der Waals surface area (Å²) in [5, 5.41) is 0. The summed E-state index contributed by atoms with van der Waals surface area (Å²) >= 11 is 0. The number of ether oxygens (including phenoxy) is 2. The fourth-order valence-electron chi connectivity index (χ4n) is 8.47. The molecule has 0 aromatic rings. The summed E-state index contributed by atoms with van der Waals surface area (Å²) in [5.41, 5.74) is 0. The van der Waals surface area contributed by atoms with E-state index in [0.29, 0.717) is 17.4 Å². The van der Waals surface area contributed by atoms with Gasteiger partial charge in [0.15, 0.2) is 6.10 Å². The Balaban J connectivity index is 4.06. The van der Waals surface area contributed by atoms with Crippen LogP contribution in [0, 0.1) is 0 Å². The van der Waals surface area contributed by atoms with Crippen LogP contribution in [0.4, 0.5) is 0 Å². The van der Waals surface area contributed by atoms with Gasteiger partial charge >= 0.3 is 11.9 Å². The summed E-state index contributed by atoms with van der Waals surface area (Å²) < 4.78 is 34.2. The van der Waals surface area contributed by atoms with Gasteiger partial charge in [0, 0.05) is 12.8 Å². The number of carbonyl (C=O) groups is 2. The number of phosphoric acid groups is 1. The third-order valence-corrected chi connectivity index (χ3v) is 14.3. The average molecular weight is 1110 g/mol. The summed E-state index contributed by atoms with van der Waals surface area (Å²) in [6.45, 7) is 4.13. The van der Waals surface area contributed by atoms with E-state index in [9.17, 15) is 19.0 Å². The van der Waals surface area contributed by atoms with E-state index < -0.39 is 26.5 Å². The molecule has 0 spiro atoms. The summed E-state index contributed by atoms with van der Waals surface area (Å²) in [6.07, 6.45) is 81.5. The number of unbranched alkanes of at least 4 members (excludes halogenated alkanes) is 25. The van der Waals surface area contributed by atoms with Gasteiger partial charge in [0.2, 0.25) is 0 Å². The number of allylic oxidation sites excluding steroid dienone is 18. The molecule has 0 radical (unpaired) electrons. The Hall–Kier alpha value is -3.33. The average Bonchev–Trinajstić information content (AvgIpc) is 3.41. The molecule has 0 aromatic heterocycles. The van der Waals surface area contributed by atoms with Gasteiger partial charge in [-0.1, -0.05) is 271 Å². The molecule has 78 heavy (non-hydrogen) atoms. The number of carbonyl (C=O) groups excluding carboxylic acids is 2. The zero-order valence-corrected chi connectivity index (χ0v) is 51.7. The molecule has 0 N–H and O–H groups in total. The van der Waals surface area contributed by atoms with Crippen LogP contribution in [0.15, 0.2) is 109 Å². The van der Waals surface area contributed by atoms with Gasteiger partial charge in [0.05, 0.1) is 27.7 Å². The second kappa shape index (κ2) is 58.3. The second-order valence-electron chi connectivity index (χ2n) is 22.0. The fraction of sp³-hybridized carbons (Fsp3) is 0.706. The zero-order valence-electron chi connectivity index (χ0n) is 50.8. The van der Waals surface area contributed by atoms with Crippen molar-refractivity contribution in [3.63, 3.8) is 0 Å². The van der Waals surface area contributed by atoms with Crippen molar-refractivity contribution in [1.82, 2.24) is 0 Å². The minimum Gasteiger partial charge on any atom is -0.756 e. The van der Waals surface area contributed by atoms with Crippen molar-refractivity contribution >= 4 is 19.8 Å². The molecule has 0 heterocycles. The molecule has 0 amide bonds. The Labute approximate surface area is 480 Å². The van der Waals surface area contributed by atoms with Crippen LogP contribution >= 0.6 is 7.82 Å². The Morgan fingerprint density at radius 2 is 0.731 bits per heavy atom. The molecule has 10 heteroatoms. The molecular formula is C68H118NO8P. The van der Waals surface area contributed by atoms with E-state index in [1.54, 1.807) is 0 Å². The Morgan fingerprint density at radius 1 is 0.410 bits per heavy atom. The lowest BCUT2D eigenvalue weighted by Crippen LogP contribution is -2.37. The van der Waals surface area contributed by atoms with Crippen molar-refractivity contribution in [3.05, 3.63) is 109 Å². The number of phosphoric ester groups is 1. The first-order chi connectivity index (χ1) is 38.0. The first-order valence-electron chi connectivity index (χ1n) is 31.6. The minimum atomic E-state index is -4.64. The predicted molar refractivity (Wildman–Crippen MR) is 332 cm³/mol. The molecule has 2 atom stereocenters. The van der Waals surface area contributed by atoms with E-state index in [1.165, 1.54) is 122 Å². The van der Waals surface area contributed by atoms with Gasteiger partial charge in [-0.25, -0.2) is 0 Å². The Kier molecular flexibility index (Phi) is 55.8. The van der Waals surface area contributed by atoms with Gasteiger partial charge in [-0.3, -0.25) is 14.2 Å². The van der Waals surface area contributed by atoms with Gasteiger partial charge < -0.3 is 27.9 Å². The summed E-state index contributed by atoms with van der Waals surface area (Å²) in [6, 6.07) is 0. The molecule has 0 bridgehead atoms. The Bertz CT molecular complexity index is 1680. The lowest BCUT2D eigenvalue weighted by molar-refractivity contribution is -0.870. The highest BCUT2D eigenvalue weighted by Gasteiger charge is 2.22. The van der Waals surface area contributed by atoms with Gasteiger partial charge in [-0.15, -0.1) is 0 Å². The van der Waals surface area contributed by atoms with Crippen molar-refractivity contribution < 1.29 is 42.1 Å². The lowest BCUT2D eigenvalue weighted by atomic mass is 10.0. The molecule has 448 valence electrons. The van der Waals surface area contributed by atoms with Crippen molar-refractivity contribution in [2.75, 3.05) is 47.5 Å².